The molecule has 3 aromatic rings. The third-order valence-corrected chi connectivity index (χ3v) is 9.53. The van der Waals surface area contributed by atoms with Gasteiger partial charge in [0.1, 0.15) is 22.9 Å². The SMILES string of the molecule is CC(C)(C)OC(=O)N1CCC(Oc2ccc(Cl)c(F)c2[C@H]2NC(=O)C[C@@H](c3cccc(Cl)c3)C23C(=O)Nc2cc(Cl)ccc23)CC1. The van der Waals surface area contributed by atoms with Gasteiger partial charge in [0.15, 0.2) is 5.82 Å². The Bertz CT molecular complexity index is 1720. The predicted molar refractivity (Wildman–Crippen MR) is 174 cm³/mol. The van der Waals surface area contributed by atoms with Crippen LogP contribution in [0.4, 0.5) is 14.9 Å². The van der Waals surface area contributed by atoms with Crippen molar-refractivity contribution in [3.05, 3.63) is 92.2 Å². The molecule has 0 saturated carbocycles. The van der Waals surface area contributed by atoms with Gasteiger partial charge in [-0.15, -0.1) is 0 Å². The first-order chi connectivity index (χ1) is 21.8. The molecule has 2 N–H and O–H groups in total. The van der Waals surface area contributed by atoms with Crippen LogP contribution >= 0.6 is 34.8 Å². The molecule has 0 aliphatic carbocycles. The van der Waals surface area contributed by atoms with Gasteiger partial charge in [0.25, 0.3) is 0 Å². The Morgan fingerprint density at radius 1 is 1.00 bits per heavy atom. The molecular formula is C34H33Cl3FN3O5. The summed E-state index contributed by atoms with van der Waals surface area (Å²) in [5.41, 5.74) is -0.537. The highest BCUT2D eigenvalue weighted by molar-refractivity contribution is 6.31. The number of amides is 3. The van der Waals surface area contributed by atoms with E-state index in [2.05, 4.69) is 10.6 Å². The Hall–Kier alpha value is -3.53. The summed E-state index contributed by atoms with van der Waals surface area (Å²) in [5, 5.41) is 6.53. The molecule has 242 valence electrons. The molecule has 0 radical (unpaired) electrons. The zero-order valence-electron chi connectivity index (χ0n) is 25.5. The molecule has 46 heavy (non-hydrogen) atoms. The van der Waals surface area contributed by atoms with Gasteiger partial charge in [-0.3, -0.25) is 9.59 Å². The van der Waals surface area contributed by atoms with Crippen molar-refractivity contribution in [3.63, 3.8) is 0 Å². The van der Waals surface area contributed by atoms with Crippen LogP contribution in [0.5, 0.6) is 5.75 Å². The highest BCUT2D eigenvalue weighted by atomic mass is 35.5. The number of hydrogen-bond acceptors (Lipinski definition) is 5. The number of benzene rings is 3. The summed E-state index contributed by atoms with van der Waals surface area (Å²) in [5.74, 6) is -2.22. The second-order valence-electron chi connectivity index (χ2n) is 12.9. The summed E-state index contributed by atoms with van der Waals surface area (Å²) >= 11 is 19.1. The zero-order valence-corrected chi connectivity index (χ0v) is 27.7. The van der Waals surface area contributed by atoms with E-state index >= 15 is 4.39 Å². The number of carbonyl (C=O) groups excluding carboxylic acids is 3. The molecule has 3 aromatic carbocycles. The van der Waals surface area contributed by atoms with Crippen molar-refractivity contribution in [2.45, 2.75) is 69.1 Å². The Morgan fingerprint density at radius 3 is 2.41 bits per heavy atom. The number of ether oxygens (including phenoxy) is 2. The minimum Gasteiger partial charge on any atom is -0.490 e. The fourth-order valence-electron chi connectivity index (χ4n) is 6.83. The Labute approximate surface area is 281 Å². The average molecular weight is 689 g/mol. The number of likely N-dealkylation sites (tertiary alicyclic amines) is 1. The standard InChI is InChI=1S/C34H33Cl3FN3O5/c1-33(2,3)46-32(44)41-13-11-21(12-14-41)45-26-10-9-24(37)29(38)28(26)30-34(22-8-7-20(36)16-25(22)39-31(34)43)23(17-27(42)40-30)18-5-4-6-19(35)15-18/h4-10,15-16,21,23,30H,11-14,17H2,1-3H3,(H,39,43)(H,40,42)/t23-,30+,34?/m0/s1. The van der Waals surface area contributed by atoms with Gasteiger partial charge in [-0.1, -0.05) is 53.0 Å². The van der Waals surface area contributed by atoms with Crippen LogP contribution < -0.4 is 15.4 Å². The number of anilines is 1. The summed E-state index contributed by atoms with van der Waals surface area (Å²) < 4.78 is 28.4. The van der Waals surface area contributed by atoms with E-state index in [9.17, 15) is 14.4 Å². The lowest BCUT2D eigenvalue weighted by molar-refractivity contribution is -0.131. The molecule has 12 heteroatoms. The Morgan fingerprint density at radius 2 is 1.72 bits per heavy atom. The van der Waals surface area contributed by atoms with Gasteiger partial charge in [-0.05, 0) is 68.3 Å². The number of rotatable bonds is 4. The normalized spacial score (nSPS) is 23.2. The van der Waals surface area contributed by atoms with E-state index in [4.69, 9.17) is 44.3 Å². The summed E-state index contributed by atoms with van der Waals surface area (Å²) in [7, 11) is 0. The third kappa shape index (κ3) is 5.89. The minimum atomic E-state index is -1.53. The summed E-state index contributed by atoms with van der Waals surface area (Å²) in [6, 6.07) is 13.7. The van der Waals surface area contributed by atoms with Gasteiger partial charge in [0, 0.05) is 54.0 Å². The fourth-order valence-corrected chi connectivity index (χ4v) is 7.36. The molecule has 3 atom stereocenters. The van der Waals surface area contributed by atoms with Crippen LogP contribution in [0.15, 0.2) is 54.6 Å². The first-order valence-electron chi connectivity index (χ1n) is 15.1. The van der Waals surface area contributed by atoms with Gasteiger partial charge < -0.3 is 25.0 Å². The third-order valence-electron chi connectivity index (χ3n) is 8.77. The van der Waals surface area contributed by atoms with Crippen molar-refractivity contribution >= 4 is 58.4 Å². The van der Waals surface area contributed by atoms with Crippen molar-refractivity contribution in [1.29, 1.82) is 0 Å². The molecule has 2 saturated heterocycles. The molecule has 2 fully saturated rings. The molecule has 1 unspecified atom stereocenters. The van der Waals surface area contributed by atoms with Crippen LogP contribution in [0.2, 0.25) is 15.1 Å². The molecular weight excluding hydrogens is 656 g/mol. The van der Waals surface area contributed by atoms with E-state index in [1.807, 2.05) is 20.8 Å². The first-order valence-corrected chi connectivity index (χ1v) is 16.2. The topological polar surface area (TPSA) is 97.0 Å². The lowest BCUT2D eigenvalue weighted by atomic mass is 9.59. The average Bonchev–Trinajstić information content (AvgIpc) is 3.26. The Balaban J connectivity index is 1.43. The molecule has 8 nitrogen and oxygen atoms in total. The first kappa shape index (κ1) is 32.4. The molecule has 0 bridgehead atoms. The Kier molecular flexibility index (Phi) is 8.63. The predicted octanol–water partition coefficient (Wildman–Crippen LogP) is 7.80. The number of carbonyl (C=O) groups is 3. The van der Waals surface area contributed by atoms with E-state index in [-0.39, 0.29) is 34.8 Å². The minimum absolute atomic E-state index is 0.0416. The molecule has 3 aliphatic heterocycles. The van der Waals surface area contributed by atoms with E-state index in [1.165, 1.54) is 6.07 Å². The van der Waals surface area contributed by atoms with E-state index < -0.39 is 40.8 Å². The number of hydrogen-bond donors (Lipinski definition) is 2. The second-order valence-corrected chi connectivity index (χ2v) is 14.2. The largest absolute Gasteiger partial charge is 0.490 e. The second kappa shape index (κ2) is 12.2. The molecule has 0 aromatic heterocycles. The lowest BCUT2D eigenvalue weighted by Crippen LogP contribution is -2.57. The highest BCUT2D eigenvalue weighted by Gasteiger charge is 2.62. The molecule has 3 heterocycles. The van der Waals surface area contributed by atoms with Crippen molar-refractivity contribution in [2.24, 2.45) is 0 Å². The van der Waals surface area contributed by atoms with Crippen LogP contribution in [0.1, 0.15) is 68.7 Å². The van der Waals surface area contributed by atoms with Gasteiger partial charge >= 0.3 is 6.09 Å². The summed E-state index contributed by atoms with van der Waals surface area (Å²) in [4.78, 5) is 42.1. The number of nitrogens with one attached hydrogen (secondary N) is 2. The number of nitrogens with zero attached hydrogens (tertiary/aromatic N) is 1. The van der Waals surface area contributed by atoms with Crippen molar-refractivity contribution in [2.75, 3.05) is 18.4 Å². The van der Waals surface area contributed by atoms with Gasteiger partial charge in [-0.2, -0.15) is 0 Å². The highest BCUT2D eigenvalue weighted by Crippen LogP contribution is 2.59. The zero-order chi connectivity index (χ0) is 33.0. The molecule has 1 spiro atoms. The van der Waals surface area contributed by atoms with E-state index in [1.54, 1.807) is 53.4 Å². The summed E-state index contributed by atoms with van der Waals surface area (Å²) in [6.07, 6.45) is 0.0545. The van der Waals surface area contributed by atoms with Crippen LogP contribution in [0, 0.1) is 5.82 Å². The summed E-state index contributed by atoms with van der Waals surface area (Å²) in [6.45, 7) is 6.18. The van der Waals surface area contributed by atoms with Gasteiger partial charge in [-0.25, -0.2) is 9.18 Å². The maximum Gasteiger partial charge on any atom is 0.410 e. The smallest absolute Gasteiger partial charge is 0.410 e. The fraction of sp³-hybridized carbons (Fsp3) is 0.382. The van der Waals surface area contributed by atoms with Gasteiger partial charge in [0.05, 0.1) is 16.6 Å². The maximum absolute atomic E-state index is 16.4. The van der Waals surface area contributed by atoms with Gasteiger partial charge in [0.2, 0.25) is 11.8 Å². The van der Waals surface area contributed by atoms with E-state index in [0.717, 1.165) is 0 Å². The number of fused-ring (bicyclic) bond motifs is 2. The van der Waals surface area contributed by atoms with Crippen molar-refractivity contribution in [3.8, 4) is 5.75 Å². The van der Waals surface area contributed by atoms with Crippen LogP contribution in [0.3, 0.4) is 0 Å². The number of halogens is 4. The van der Waals surface area contributed by atoms with Crippen LogP contribution in [-0.2, 0) is 19.7 Å². The quantitative estimate of drug-likeness (QED) is 0.292. The van der Waals surface area contributed by atoms with Crippen molar-refractivity contribution in [1.82, 2.24) is 10.2 Å². The maximum atomic E-state index is 16.4. The number of piperidine rings is 2. The molecule has 6 rings (SSSR count). The molecule has 3 amide bonds. The monoisotopic (exact) mass is 687 g/mol. The van der Waals surface area contributed by atoms with Crippen molar-refractivity contribution < 1.29 is 28.2 Å². The lowest BCUT2D eigenvalue weighted by Gasteiger charge is -2.47. The van der Waals surface area contributed by atoms with Crippen LogP contribution in [0.25, 0.3) is 0 Å². The molecule has 3 aliphatic rings. The van der Waals surface area contributed by atoms with Crippen LogP contribution in [-0.4, -0.2) is 47.6 Å². The van der Waals surface area contributed by atoms with E-state index in [0.29, 0.717) is 52.8 Å².